The maximum absolute atomic E-state index is 5.70. The third kappa shape index (κ3) is 6.39. The van der Waals surface area contributed by atoms with Gasteiger partial charge in [-0.15, -0.1) is 24.0 Å². The molecule has 2 aliphatic rings. The predicted molar refractivity (Wildman–Crippen MR) is 117 cm³/mol. The van der Waals surface area contributed by atoms with Gasteiger partial charge in [0.25, 0.3) is 0 Å². The normalized spacial score (nSPS) is 21.5. The van der Waals surface area contributed by atoms with Gasteiger partial charge in [0.2, 0.25) is 0 Å². The lowest BCUT2D eigenvalue weighted by Crippen LogP contribution is -2.38. The highest BCUT2D eigenvalue weighted by Gasteiger charge is 2.24. The van der Waals surface area contributed by atoms with Crippen LogP contribution in [0, 0.1) is 0 Å². The predicted octanol–water partition coefficient (Wildman–Crippen LogP) is 3.09. The van der Waals surface area contributed by atoms with E-state index in [1.165, 1.54) is 17.5 Å². The number of rotatable bonds is 9. The van der Waals surface area contributed by atoms with Crippen molar-refractivity contribution >= 4 is 29.9 Å². The first kappa shape index (κ1) is 21.4. The zero-order chi connectivity index (χ0) is 17.3. The van der Waals surface area contributed by atoms with Gasteiger partial charge in [0.15, 0.2) is 5.96 Å². The highest BCUT2D eigenvalue weighted by molar-refractivity contribution is 14.0. The van der Waals surface area contributed by atoms with Gasteiger partial charge in [-0.3, -0.25) is 4.99 Å². The fourth-order valence-corrected chi connectivity index (χ4v) is 3.44. The minimum Gasteiger partial charge on any atom is -0.379 e. The number of fused-ring (bicyclic) bond motifs is 1. The van der Waals surface area contributed by atoms with Gasteiger partial charge < -0.3 is 20.1 Å². The van der Waals surface area contributed by atoms with Gasteiger partial charge in [-0.2, -0.15) is 0 Å². The molecule has 1 aromatic carbocycles. The Morgan fingerprint density at radius 2 is 2.19 bits per heavy atom. The second kappa shape index (κ2) is 11.8. The summed E-state index contributed by atoms with van der Waals surface area (Å²) in [7, 11) is 0. The Kier molecular flexibility index (Phi) is 9.71. The molecule has 0 saturated carbocycles. The quantitative estimate of drug-likeness (QED) is 0.251. The molecule has 1 aromatic rings. The number of nitrogens with zero attached hydrogens (tertiary/aromatic N) is 1. The standard InChI is InChI=1S/C20H31N3O2.HI/c1-2-21-20(22-10-6-11-24-15-18-8-5-12-25-18)23-14-17-13-16-7-3-4-9-19(16)17;/h3-4,7,9,17-18H,2,5-6,8,10-15H2,1H3,(H2,21,22,23);1H. The SMILES string of the molecule is CCNC(=NCC1Cc2ccccc21)NCCCOCC1CCCO1.I. The summed E-state index contributed by atoms with van der Waals surface area (Å²) in [6.45, 7) is 7.09. The van der Waals surface area contributed by atoms with Crippen molar-refractivity contribution in [2.24, 2.45) is 4.99 Å². The van der Waals surface area contributed by atoms with Gasteiger partial charge >= 0.3 is 0 Å². The summed E-state index contributed by atoms with van der Waals surface area (Å²) < 4.78 is 11.3. The molecule has 0 aromatic heterocycles. The highest BCUT2D eigenvalue weighted by atomic mass is 127. The molecule has 2 unspecified atom stereocenters. The molecular weight excluding hydrogens is 441 g/mol. The number of nitrogens with one attached hydrogen (secondary N) is 2. The van der Waals surface area contributed by atoms with Crippen molar-refractivity contribution in [3.05, 3.63) is 35.4 Å². The lowest BCUT2D eigenvalue weighted by molar-refractivity contribution is 0.0168. The third-order valence-electron chi connectivity index (χ3n) is 4.86. The molecular formula is C20H32IN3O2. The first-order chi connectivity index (χ1) is 12.4. The molecule has 1 fully saturated rings. The summed E-state index contributed by atoms with van der Waals surface area (Å²) in [6.07, 6.45) is 4.75. The molecule has 6 heteroatoms. The molecule has 146 valence electrons. The first-order valence-electron chi connectivity index (χ1n) is 9.66. The fourth-order valence-electron chi connectivity index (χ4n) is 3.44. The van der Waals surface area contributed by atoms with E-state index in [1.54, 1.807) is 0 Å². The van der Waals surface area contributed by atoms with Crippen LogP contribution in [0.5, 0.6) is 0 Å². The van der Waals surface area contributed by atoms with Gasteiger partial charge in [0.05, 0.1) is 12.7 Å². The van der Waals surface area contributed by atoms with Crippen LogP contribution in [-0.2, 0) is 15.9 Å². The van der Waals surface area contributed by atoms with E-state index in [-0.39, 0.29) is 24.0 Å². The van der Waals surface area contributed by atoms with Crippen LogP contribution in [0.1, 0.15) is 43.2 Å². The molecule has 26 heavy (non-hydrogen) atoms. The number of guanidine groups is 1. The van der Waals surface area contributed by atoms with Crippen LogP contribution in [0.15, 0.2) is 29.3 Å². The van der Waals surface area contributed by atoms with E-state index >= 15 is 0 Å². The average Bonchev–Trinajstić information content (AvgIpc) is 3.12. The lowest BCUT2D eigenvalue weighted by Gasteiger charge is -2.28. The maximum Gasteiger partial charge on any atom is 0.191 e. The Balaban J connectivity index is 0.00000243. The Hall–Kier alpha value is -0.860. The number of halogens is 1. The van der Waals surface area contributed by atoms with Gasteiger partial charge in [-0.1, -0.05) is 24.3 Å². The molecule has 1 aliphatic carbocycles. The molecule has 0 amide bonds. The summed E-state index contributed by atoms with van der Waals surface area (Å²) in [5.41, 5.74) is 2.94. The molecule has 1 heterocycles. The van der Waals surface area contributed by atoms with Crippen LogP contribution in [0.3, 0.4) is 0 Å². The van der Waals surface area contributed by atoms with Crippen molar-refractivity contribution in [2.45, 2.75) is 44.6 Å². The Labute approximate surface area is 174 Å². The molecule has 0 bridgehead atoms. The number of hydrogen-bond donors (Lipinski definition) is 2. The third-order valence-corrected chi connectivity index (χ3v) is 4.86. The van der Waals surface area contributed by atoms with E-state index in [4.69, 9.17) is 14.5 Å². The summed E-state index contributed by atoms with van der Waals surface area (Å²) in [4.78, 5) is 4.75. The van der Waals surface area contributed by atoms with Gasteiger partial charge in [0, 0.05) is 38.8 Å². The maximum atomic E-state index is 5.70. The molecule has 2 atom stereocenters. The van der Waals surface area contributed by atoms with Crippen LogP contribution in [0.25, 0.3) is 0 Å². The number of hydrogen-bond acceptors (Lipinski definition) is 3. The summed E-state index contributed by atoms with van der Waals surface area (Å²) in [5.74, 6) is 1.48. The zero-order valence-corrected chi connectivity index (χ0v) is 18.0. The Bertz CT molecular complexity index is 562. The zero-order valence-electron chi connectivity index (χ0n) is 15.7. The second-order valence-electron chi connectivity index (χ2n) is 6.81. The van der Waals surface area contributed by atoms with E-state index in [0.29, 0.717) is 12.0 Å². The van der Waals surface area contributed by atoms with Crippen molar-refractivity contribution in [1.29, 1.82) is 0 Å². The summed E-state index contributed by atoms with van der Waals surface area (Å²) >= 11 is 0. The minimum absolute atomic E-state index is 0. The monoisotopic (exact) mass is 473 g/mol. The van der Waals surface area contributed by atoms with E-state index in [0.717, 1.165) is 64.7 Å². The van der Waals surface area contributed by atoms with Crippen molar-refractivity contribution < 1.29 is 9.47 Å². The second-order valence-corrected chi connectivity index (χ2v) is 6.81. The summed E-state index contributed by atoms with van der Waals surface area (Å²) in [6, 6.07) is 8.68. The topological polar surface area (TPSA) is 54.9 Å². The van der Waals surface area contributed by atoms with Crippen molar-refractivity contribution in [1.82, 2.24) is 10.6 Å². The van der Waals surface area contributed by atoms with E-state index in [2.05, 4.69) is 41.8 Å². The molecule has 3 rings (SSSR count). The molecule has 2 N–H and O–H groups in total. The van der Waals surface area contributed by atoms with Crippen LogP contribution in [-0.4, -0.2) is 51.5 Å². The molecule has 1 aliphatic heterocycles. The van der Waals surface area contributed by atoms with Crippen molar-refractivity contribution in [2.75, 3.05) is 39.5 Å². The van der Waals surface area contributed by atoms with Crippen LogP contribution in [0.2, 0.25) is 0 Å². The van der Waals surface area contributed by atoms with E-state index in [9.17, 15) is 0 Å². The number of benzene rings is 1. The molecule has 5 nitrogen and oxygen atoms in total. The number of ether oxygens (including phenoxy) is 2. The summed E-state index contributed by atoms with van der Waals surface area (Å²) in [5, 5.41) is 6.73. The Morgan fingerprint density at radius 1 is 1.31 bits per heavy atom. The highest BCUT2D eigenvalue weighted by Crippen LogP contribution is 2.34. The molecule has 0 radical (unpaired) electrons. The first-order valence-corrected chi connectivity index (χ1v) is 9.66. The average molecular weight is 473 g/mol. The van der Waals surface area contributed by atoms with Crippen molar-refractivity contribution in [3.8, 4) is 0 Å². The molecule has 1 saturated heterocycles. The van der Waals surface area contributed by atoms with Crippen LogP contribution >= 0.6 is 24.0 Å². The fraction of sp³-hybridized carbons (Fsp3) is 0.650. The lowest BCUT2D eigenvalue weighted by atomic mass is 9.78. The van der Waals surface area contributed by atoms with Crippen LogP contribution < -0.4 is 10.6 Å². The van der Waals surface area contributed by atoms with Gasteiger partial charge in [0.1, 0.15) is 0 Å². The smallest absolute Gasteiger partial charge is 0.191 e. The van der Waals surface area contributed by atoms with Crippen molar-refractivity contribution in [3.63, 3.8) is 0 Å². The van der Waals surface area contributed by atoms with Gasteiger partial charge in [-0.05, 0) is 43.7 Å². The van der Waals surface area contributed by atoms with E-state index < -0.39 is 0 Å². The van der Waals surface area contributed by atoms with Gasteiger partial charge in [-0.25, -0.2) is 0 Å². The molecule has 0 spiro atoms. The minimum atomic E-state index is 0. The largest absolute Gasteiger partial charge is 0.379 e. The number of aliphatic imine (C=N–C) groups is 1. The Morgan fingerprint density at radius 3 is 2.96 bits per heavy atom. The van der Waals surface area contributed by atoms with E-state index in [1.807, 2.05) is 0 Å². The van der Waals surface area contributed by atoms with Crippen LogP contribution in [0.4, 0.5) is 0 Å².